The van der Waals surface area contributed by atoms with Crippen molar-refractivity contribution in [2.45, 2.75) is 30.3 Å². The predicted octanol–water partition coefficient (Wildman–Crippen LogP) is 2.70. The Bertz CT molecular complexity index is 460. The molecule has 0 spiro atoms. The van der Waals surface area contributed by atoms with Crippen LogP contribution in [0.15, 0.2) is 22.3 Å². The highest BCUT2D eigenvalue weighted by Gasteiger charge is 2.33. The van der Waals surface area contributed by atoms with Crippen LogP contribution in [-0.4, -0.2) is 21.3 Å². The van der Waals surface area contributed by atoms with E-state index in [1.807, 2.05) is 13.8 Å². The summed E-state index contributed by atoms with van der Waals surface area (Å²) >= 11 is 1.12. The molecule has 0 radical (unpaired) electrons. The number of aromatic nitrogens is 1. The predicted molar refractivity (Wildman–Crippen MR) is 62.7 cm³/mol. The van der Waals surface area contributed by atoms with Gasteiger partial charge in [-0.1, -0.05) is 19.0 Å². The molecule has 100 valence electrons. The first-order valence-corrected chi connectivity index (χ1v) is 5.86. The Morgan fingerprint density at radius 2 is 2.06 bits per heavy atom. The number of thioether (sulfide) groups is 1. The second kappa shape index (κ2) is 5.47. The Morgan fingerprint density at radius 3 is 2.50 bits per heavy atom. The number of hydrogen-bond donors (Lipinski definition) is 2. The molecule has 0 aliphatic heterocycles. The molecule has 0 fully saturated rings. The highest BCUT2D eigenvalue weighted by Crippen LogP contribution is 2.32. The number of nitrogens with zero attached hydrogens (tertiary/aromatic N) is 2. The van der Waals surface area contributed by atoms with Gasteiger partial charge in [0.15, 0.2) is 5.84 Å². The van der Waals surface area contributed by atoms with E-state index in [1.54, 1.807) is 0 Å². The SMILES string of the molecule is CC(C)Sc1nc(C(F)(F)F)ccc1C(N)=NO. The Kier molecular flexibility index (Phi) is 4.44. The molecule has 4 nitrogen and oxygen atoms in total. The smallest absolute Gasteiger partial charge is 0.409 e. The van der Waals surface area contributed by atoms with Crippen molar-refractivity contribution in [2.24, 2.45) is 10.9 Å². The summed E-state index contributed by atoms with van der Waals surface area (Å²) in [5, 5.41) is 11.5. The minimum atomic E-state index is -4.52. The molecular weight excluding hydrogens is 267 g/mol. The average Bonchev–Trinajstić information content (AvgIpc) is 2.26. The summed E-state index contributed by atoms with van der Waals surface area (Å²) in [6.45, 7) is 3.62. The lowest BCUT2D eigenvalue weighted by atomic mass is 10.2. The molecule has 0 unspecified atom stereocenters. The Hall–Kier alpha value is -1.44. The van der Waals surface area contributed by atoms with Gasteiger partial charge in [-0.2, -0.15) is 13.2 Å². The minimum Gasteiger partial charge on any atom is -0.409 e. The molecule has 8 heteroatoms. The number of amidine groups is 1. The zero-order chi connectivity index (χ0) is 13.9. The molecule has 0 aromatic carbocycles. The van der Waals surface area contributed by atoms with E-state index in [1.165, 1.54) is 0 Å². The van der Waals surface area contributed by atoms with Crippen molar-refractivity contribution < 1.29 is 18.4 Å². The molecule has 0 amide bonds. The quantitative estimate of drug-likeness (QED) is 0.293. The summed E-state index contributed by atoms with van der Waals surface area (Å²) in [6, 6.07) is 1.95. The third-order valence-electron chi connectivity index (χ3n) is 1.88. The van der Waals surface area contributed by atoms with Crippen LogP contribution >= 0.6 is 11.8 Å². The van der Waals surface area contributed by atoms with Crippen molar-refractivity contribution >= 4 is 17.6 Å². The van der Waals surface area contributed by atoms with Gasteiger partial charge >= 0.3 is 6.18 Å². The summed E-state index contributed by atoms with van der Waals surface area (Å²) in [7, 11) is 0. The van der Waals surface area contributed by atoms with Crippen LogP contribution in [0.25, 0.3) is 0 Å². The standard InChI is InChI=1S/C10H12F3N3OS/c1-5(2)18-9-6(8(14)16-17)3-4-7(15-9)10(11,12)13/h3-5,17H,1-2H3,(H2,14,16). The van der Waals surface area contributed by atoms with Crippen molar-refractivity contribution in [1.82, 2.24) is 4.98 Å². The van der Waals surface area contributed by atoms with Gasteiger partial charge in [-0.15, -0.1) is 11.8 Å². The van der Waals surface area contributed by atoms with Gasteiger partial charge in [0.1, 0.15) is 10.7 Å². The van der Waals surface area contributed by atoms with E-state index in [0.29, 0.717) is 0 Å². The number of pyridine rings is 1. The van der Waals surface area contributed by atoms with Gasteiger partial charge in [0.25, 0.3) is 0 Å². The van der Waals surface area contributed by atoms with Crippen molar-refractivity contribution in [3.8, 4) is 0 Å². The maximum atomic E-state index is 12.5. The van der Waals surface area contributed by atoms with Gasteiger partial charge in [0.05, 0.1) is 5.56 Å². The maximum absolute atomic E-state index is 12.5. The lowest BCUT2D eigenvalue weighted by Gasteiger charge is -2.12. The van der Waals surface area contributed by atoms with Crippen LogP contribution in [0.2, 0.25) is 0 Å². The Balaban J connectivity index is 3.29. The minimum absolute atomic E-state index is 0.0197. The zero-order valence-electron chi connectivity index (χ0n) is 9.69. The third-order valence-corrected chi connectivity index (χ3v) is 2.89. The zero-order valence-corrected chi connectivity index (χ0v) is 10.5. The van der Waals surface area contributed by atoms with Gasteiger partial charge < -0.3 is 10.9 Å². The first-order chi connectivity index (χ1) is 8.25. The molecule has 3 N–H and O–H groups in total. The highest BCUT2D eigenvalue weighted by atomic mass is 32.2. The molecule has 1 heterocycles. The van der Waals surface area contributed by atoms with Crippen LogP contribution in [0.1, 0.15) is 25.1 Å². The topological polar surface area (TPSA) is 71.5 Å². The number of oxime groups is 1. The number of rotatable bonds is 3. The lowest BCUT2D eigenvalue weighted by Crippen LogP contribution is -2.17. The van der Waals surface area contributed by atoms with E-state index in [4.69, 9.17) is 10.9 Å². The molecular formula is C10H12F3N3OS. The third kappa shape index (κ3) is 3.52. The average molecular weight is 279 g/mol. The summed E-state index contributed by atoms with van der Waals surface area (Å²) in [6.07, 6.45) is -4.52. The van der Waals surface area contributed by atoms with Crippen molar-refractivity contribution in [3.05, 3.63) is 23.4 Å². The molecule has 0 atom stereocenters. The number of nitrogens with two attached hydrogens (primary N) is 1. The fraction of sp³-hybridized carbons (Fsp3) is 0.400. The van der Waals surface area contributed by atoms with Crippen molar-refractivity contribution in [2.75, 3.05) is 0 Å². The number of hydrogen-bond acceptors (Lipinski definition) is 4. The largest absolute Gasteiger partial charge is 0.433 e. The monoisotopic (exact) mass is 279 g/mol. The molecule has 0 bridgehead atoms. The summed E-state index contributed by atoms with van der Waals surface area (Å²) in [5.41, 5.74) is 4.58. The van der Waals surface area contributed by atoms with Crippen LogP contribution in [0.5, 0.6) is 0 Å². The molecule has 1 aromatic heterocycles. The Labute approximate surface area is 106 Å². The van der Waals surface area contributed by atoms with Gasteiger partial charge in [0, 0.05) is 5.25 Å². The number of halogens is 3. The second-order valence-corrected chi connectivity index (χ2v) is 5.26. The van der Waals surface area contributed by atoms with Gasteiger partial charge in [-0.05, 0) is 12.1 Å². The molecule has 1 rings (SSSR count). The van der Waals surface area contributed by atoms with Gasteiger partial charge in [-0.3, -0.25) is 0 Å². The normalized spacial score (nSPS) is 13.1. The first kappa shape index (κ1) is 14.6. The molecule has 18 heavy (non-hydrogen) atoms. The molecule has 0 aliphatic carbocycles. The fourth-order valence-electron chi connectivity index (χ4n) is 1.16. The van der Waals surface area contributed by atoms with Crippen LogP contribution in [0, 0.1) is 0 Å². The highest BCUT2D eigenvalue weighted by molar-refractivity contribution is 7.99. The van der Waals surface area contributed by atoms with E-state index in [-0.39, 0.29) is 21.7 Å². The Morgan fingerprint density at radius 1 is 1.44 bits per heavy atom. The van der Waals surface area contributed by atoms with Crippen molar-refractivity contribution in [3.63, 3.8) is 0 Å². The lowest BCUT2D eigenvalue weighted by molar-refractivity contribution is -0.141. The summed E-state index contributed by atoms with van der Waals surface area (Å²) < 4.78 is 37.6. The van der Waals surface area contributed by atoms with Crippen LogP contribution in [0.3, 0.4) is 0 Å². The van der Waals surface area contributed by atoms with Crippen molar-refractivity contribution in [1.29, 1.82) is 0 Å². The van der Waals surface area contributed by atoms with E-state index < -0.39 is 11.9 Å². The number of alkyl halides is 3. The first-order valence-electron chi connectivity index (χ1n) is 4.98. The van der Waals surface area contributed by atoms with E-state index in [2.05, 4.69) is 10.1 Å². The van der Waals surface area contributed by atoms with E-state index >= 15 is 0 Å². The van der Waals surface area contributed by atoms with Gasteiger partial charge in [-0.25, -0.2) is 4.98 Å². The van der Waals surface area contributed by atoms with Gasteiger partial charge in [0.2, 0.25) is 0 Å². The van der Waals surface area contributed by atoms with E-state index in [0.717, 1.165) is 23.9 Å². The second-order valence-electron chi connectivity index (χ2n) is 3.70. The van der Waals surface area contributed by atoms with Crippen LogP contribution in [0.4, 0.5) is 13.2 Å². The molecule has 0 aliphatic rings. The summed E-state index contributed by atoms with van der Waals surface area (Å²) in [4.78, 5) is 3.52. The van der Waals surface area contributed by atoms with E-state index in [9.17, 15) is 13.2 Å². The molecule has 1 aromatic rings. The maximum Gasteiger partial charge on any atom is 0.433 e. The molecule has 0 saturated heterocycles. The molecule has 0 saturated carbocycles. The summed E-state index contributed by atoms with van der Waals surface area (Å²) in [5.74, 6) is -0.264. The fourth-order valence-corrected chi connectivity index (χ4v) is 2.06. The van der Waals surface area contributed by atoms with Crippen LogP contribution < -0.4 is 5.73 Å². The van der Waals surface area contributed by atoms with Crippen LogP contribution in [-0.2, 0) is 6.18 Å².